The fourth-order valence-corrected chi connectivity index (χ4v) is 4.10. The number of carbonyl (C=O) groups is 3. The van der Waals surface area contributed by atoms with E-state index >= 15 is 0 Å². The number of rotatable bonds is 7. The fourth-order valence-electron chi connectivity index (χ4n) is 2.84. The van der Waals surface area contributed by atoms with Crippen LogP contribution in [0.5, 0.6) is 11.5 Å². The number of hydrogen-bond donors (Lipinski definition) is 2. The monoisotopic (exact) mass is 458 g/mol. The Balaban J connectivity index is 1.74. The number of aromatic carboxylic acids is 1. The van der Waals surface area contributed by atoms with Gasteiger partial charge in [-0.25, -0.2) is 4.79 Å². The van der Waals surface area contributed by atoms with E-state index in [0.717, 1.165) is 11.8 Å². The smallest absolute Gasteiger partial charge is 0.337 e. The third kappa shape index (κ3) is 5.04. The SMILES string of the molecule is COc1ccc(/C=C2\SC(=S)N(CC(=O)Nc3ccccc3C(=O)O)C2=O)cc1OC. The molecule has 8 nitrogen and oxygen atoms in total. The maximum Gasteiger partial charge on any atom is 0.337 e. The van der Waals surface area contributed by atoms with Gasteiger partial charge in [-0.2, -0.15) is 0 Å². The van der Waals surface area contributed by atoms with Gasteiger partial charge in [-0.05, 0) is 35.9 Å². The molecule has 0 aromatic heterocycles. The summed E-state index contributed by atoms with van der Waals surface area (Å²) in [6, 6.07) is 11.2. The Hall–Kier alpha value is -3.37. The predicted octanol–water partition coefficient (Wildman–Crippen LogP) is 3.24. The molecule has 0 bridgehead atoms. The third-order valence-electron chi connectivity index (χ3n) is 4.31. The highest BCUT2D eigenvalue weighted by Gasteiger charge is 2.33. The Morgan fingerprint density at radius 3 is 2.55 bits per heavy atom. The van der Waals surface area contributed by atoms with Crippen molar-refractivity contribution in [1.29, 1.82) is 0 Å². The zero-order valence-electron chi connectivity index (χ0n) is 16.6. The van der Waals surface area contributed by atoms with Crippen molar-refractivity contribution in [2.75, 3.05) is 26.1 Å². The second-order valence-electron chi connectivity index (χ2n) is 6.28. The molecule has 10 heteroatoms. The van der Waals surface area contributed by atoms with Gasteiger partial charge in [0.25, 0.3) is 5.91 Å². The van der Waals surface area contributed by atoms with Crippen LogP contribution in [0.3, 0.4) is 0 Å². The molecule has 0 unspecified atom stereocenters. The first-order chi connectivity index (χ1) is 14.8. The van der Waals surface area contributed by atoms with Gasteiger partial charge >= 0.3 is 5.97 Å². The zero-order valence-corrected chi connectivity index (χ0v) is 18.2. The van der Waals surface area contributed by atoms with E-state index in [1.165, 1.54) is 31.3 Å². The van der Waals surface area contributed by atoms with Gasteiger partial charge in [0, 0.05) is 0 Å². The summed E-state index contributed by atoms with van der Waals surface area (Å²) >= 11 is 6.34. The van der Waals surface area contributed by atoms with Gasteiger partial charge in [-0.3, -0.25) is 14.5 Å². The second-order valence-corrected chi connectivity index (χ2v) is 7.96. The number of para-hydroxylation sites is 1. The first-order valence-electron chi connectivity index (χ1n) is 8.93. The lowest BCUT2D eigenvalue weighted by Gasteiger charge is -2.15. The Bertz CT molecular complexity index is 1100. The summed E-state index contributed by atoms with van der Waals surface area (Å²) in [5.74, 6) is -1.06. The normalized spacial score (nSPS) is 14.6. The van der Waals surface area contributed by atoms with Crippen molar-refractivity contribution < 1.29 is 29.0 Å². The molecule has 2 aromatic rings. The summed E-state index contributed by atoms with van der Waals surface area (Å²) in [5, 5.41) is 11.7. The van der Waals surface area contributed by atoms with Crippen molar-refractivity contribution in [3.8, 4) is 11.5 Å². The van der Waals surface area contributed by atoms with Crippen molar-refractivity contribution >= 4 is 57.8 Å². The van der Waals surface area contributed by atoms with Crippen LogP contribution in [0.25, 0.3) is 6.08 Å². The lowest BCUT2D eigenvalue weighted by atomic mass is 10.1. The van der Waals surface area contributed by atoms with Crippen LogP contribution in [-0.2, 0) is 9.59 Å². The van der Waals surface area contributed by atoms with E-state index in [-0.39, 0.29) is 22.1 Å². The minimum atomic E-state index is -1.17. The number of amides is 2. The average molecular weight is 459 g/mol. The number of methoxy groups -OCH3 is 2. The molecule has 0 atom stereocenters. The molecule has 160 valence electrons. The van der Waals surface area contributed by atoms with Crippen molar-refractivity contribution in [3.63, 3.8) is 0 Å². The maximum absolute atomic E-state index is 12.8. The Labute approximate surface area is 187 Å². The number of carboxylic acids is 1. The Morgan fingerprint density at radius 1 is 1.16 bits per heavy atom. The van der Waals surface area contributed by atoms with E-state index < -0.39 is 17.8 Å². The summed E-state index contributed by atoms with van der Waals surface area (Å²) in [6.45, 7) is -0.331. The third-order valence-corrected chi connectivity index (χ3v) is 5.69. The molecule has 2 aromatic carbocycles. The lowest BCUT2D eigenvalue weighted by Crippen LogP contribution is -2.36. The quantitative estimate of drug-likeness (QED) is 0.481. The Morgan fingerprint density at radius 2 is 1.87 bits per heavy atom. The number of thiocarbonyl (C=S) groups is 1. The zero-order chi connectivity index (χ0) is 22.5. The average Bonchev–Trinajstić information content (AvgIpc) is 3.01. The molecule has 3 rings (SSSR count). The van der Waals surface area contributed by atoms with Gasteiger partial charge < -0.3 is 19.9 Å². The largest absolute Gasteiger partial charge is 0.493 e. The van der Waals surface area contributed by atoms with E-state index in [9.17, 15) is 19.5 Å². The summed E-state index contributed by atoms with van der Waals surface area (Å²) in [7, 11) is 3.05. The van der Waals surface area contributed by atoms with Crippen LogP contribution in [0.15, 0.2) is 47.4 Å². The number of nitrogens with one attached hydrogen (secondary N) is 1. The van der Waals surface area contributed by atoms with Crippen molar-refractivity contribution in [2.45, 2.75) is 0 Å². The molecule has 0 saturated carbocycles. The van der Waals surface area contributed by atoms with E-state index in [1.807, 2.05) is 0 Å². The molecule has 0 spiro atoms. The van der Waals surface area contributed by atoms with Crippen molar-refractivity contribution in [3.05, 3.63) is 58.5 Å². The van der Waals surface area contributed by atoms with Crippen LogP contribution in [0, 0.1) is 0 Å². The van der Waals surface area contributed by atoms with Gasteiger partial charge in [0.2, 0.25) is 5.91 Å². The molecule has 1 saturated heterocycles. The molecule has 2 amide bonds. The molecular weight excluding hydrogens is 440 g/mol. The molecule has 2 N–H and O–H groups in total. The van der Waals surface area contributed by atoms with Crippen LogP contribution in [-0.4, -0.2) is 52.9 Å². The van der Waals surface area contributed by atoms with Crippen LogP contribution >= 0.6 is 24.0 Å². The summed E-state index contributed by atoms with van der Waals surface area (Å²) in [5.41, 5.74) is 0.805. The summed E-state index contributed by atoms with van der Waals surface area (Å²) in [4.78, 5) is 38.0. The summed E-state index contributed by atoms with van der Waals surface area (Å²) in [6.07, 6.45) is 1.65. The number of ether oxygens (including phenoxy) is 2. The van der Waals surface area contributed by atoms with E-state index in [2.05, 4.69) is 5.32 Å². The number of benzene rings is 2. The fraction of sp³-hybridized carbons (Fsp3) is 0.143. The van der Waals surface area contributed by atoms with Crippen molar-refractivity contribution in [2.24, 2.45) is 0 Å². The van der Waals surface area contributed by atoms with Crippen LogP contribution < -0.4 is 14.8 Å². The first kappa shape index (κ1) is 22.3. The molecule has 0 radical (unpaired) electrons. The lowest BCUT2D eigenvalue weighted by molar-refractivity contribution is -0.126. The van der Waals surface area contributed by atoms with Crippen molar-refractivity contribution in [1.82, 2.24) is 4.90 Å². The number of nitrogens with zero attached hydrogens (tertiary/aromatic N) is 1. The number of carbonyl (C=O) groups excluding carboxylic acids is 2. The highest BCUT2D eigenvalue weighted by atomic mass is 32.2. The minimum Gasteiger partial charge on any atom is -0.493 e. The molecule has 31 heavy (non-hydrogen) atoms. The number of thioether (sulfide) groups is 1. The van der Waals surface area contributed by atoms with Crippen LogP contribution in [0.4, 0.5) is 5.69 Å². The minimum absolute atomic E-state index is 0.0467. The van der Waals surface area contributed by atoms with Gasteiger partial charge in [0.1, 0.15) is 10.9 Å². The summed E-state index contributed by atoms with van der Waals surface area (Å²) < 4.78 is 10.7. The highest BCUT2D eigenvalue weighted by molar-refractivity contribution is 8.26. The van der Waals surface area contributed by atoms with Crippen LogP contribution in [0.2, 0.25) is 0 Å². The molecular formula is C21H18N2O6S2. The molecule has 1 aliphatic rings. The highest BCUT2D eigenvalue weighted by Crippen LogP contribution is 2.34. The molecule has 1 heterocycles. The number of anilines is 1. The van der Waals surface area contributed by atoms with Gasteiger partial charge in [-0.1, -0.05) is 42.2 Å². The first-order valence-corrected chi connectivity index (χ1v) is 10.2. The predicted molar refractivity (Wildman–Crippen MR) is 121 cm³/mol. The Kier molecular flexibility index (Phi) is 6.93. The molecule has 1 aliphatic heterocycles. The topological polar surface area (TPSA) is 105 Å². The number of carboxylic acid groups (broad SMARTS) is 1. The van der Waals surface area contributed by atoms with E-state index in [4.69, 9.17) is 21.7 Å². The number of hydrogen-bond acceptors (Lipinski definition) is 7. The van der Waals surface area contributed by atoms with Gasteiger partial charge in [-0.15, -0.1) is 0 Å². The molecule has 0 aliphatic carbocycles. The maximum atomic E-state index is 12.8. The van der Waals surface area contributed by atoms with Gasteiger partial charge in [0.05, 0.1) is 30.4 Å². The standard InChI is InChI=1S/C21H18N2O6S2/c1-28-15-8-7-12(9-16(15)29-2)10-17-19(25)23(21(30)31-17)11-18(24)22-14-6-4-3-5-13(14)20(26)27/h3-10H,11H2,1-2H3,(H,22,24)(H,26,27)/b17-10-. The molecule has 1 fully saturated rings. The second kappa shape index (κ2) is 9.63. The van der Waals surface area contributed by atoms with Gasteiger partial charge in [0.15, 0.2) is 11.5 Å². The van der Waals surface area contributed by atoms with E-state index in [0.29, 0.717) is 22.0 Å². The van der Waals surface area contributed by atoms with E-state index in [1.54, 1.807) is 36.4 Å². The van der Waals surface area contributed by atoms with Crippen LogP contribution in [0.1, 0.15) is 15.9 Å².